The van der Waals surface area contributed by atoms with Crippen LogP contribution >= 0.6 is 0 Å². The predicted molar refractivity (Wildman–Crippen MR) is 83.7 cm³/mol. The average molecular weight is 275 g/mol. The number of nitrogens with one attached hydrogen (secondary N) is 1. The summed E-state index contributed by atoms with van der Waals surface area (Å²) in [6.07, 6.45) is 6.61. The van der Waals surface area contributed by atoms with Crippen LogP contribution < -0.4 is 5.32 Å². The van der Waals surface area contributed by atoms with Crippen LogP contribution in [0, 0.1) is 25.7 Å². The maximum Gasteiger partial charge on any atom is 0.0648 e. The quantitative estimate of drug-likeness (QED) is 0.884. The predicted octanol–water partition coefficient (Wildman–Crippen LogP) is 3.96. The molecule has 1 aliphatic carbocycles. The first-order valence-corrected chi connectivity index (χ1v) is 8.16. The molecule has 3 nitrogen and oxygen atoms in total. The van der Waals surface area contributed by atoms with E-state index in [0.717, 1.165) is 29.8 Å². The lowest BCUT2D eigenvalue weighted by atomic mass is 9.76. The Morgan fingerprint density at radius 1 is 1.30 bits per heavy atom. The molecule has 1 aromatic heterocycles. The normalized spacial score (nSPS) is 24.6. The monoisotopic (exact) mass is 275 g/mol. The van der Waals surface area contributed by atoms with Crippen molar-refractivity contribution in [3.05, 3.63) is 23.0 Å². The maximum atomic E-state index is 4.33. The molecule has 1 fully saturated rings. The molecule has 1 N–H and O–H groups in total. The Morgan fingerprint density at radius 3 is 2.80 bits per heavy atom. The van der Waals surface area contributed by atoms with Gasteiger partial charge in [0.05, 0.1) is 11.4 Å². The third kappa shape index (κ3) is 3.78. The van der Waals surface area contributed by atoms with Gasteiger partial charge in [-0.15, -0.1) is 0 Å². The molecule has 20 heavy (non-hydrogen) atoms. The van der Waals surface area contributed by atoms with Crippen LogP contribution in [0.3, 0.4) is 0 Å². The first kappa shape index (κ1) is 15.4. The number of hydrogen-bond donors (Lipinski definition) is 1. The highest BCUT2D eigenvalue weighted by Gasteiger charge is 2.28. The Kier molecular flexibility index (Phi) is 5.53. The third-order valence-electron chi connectivity index (χ3n) is 4.54. The Balaban J connectivity index is 2.23. The van der Waals surface area contributed by atoms with Gasteiger partial charge >= 0.3 is 0 Å². The van der Waals surface area contributed by atoms with Crippen LogP contribution in [0.1, 0.15) is 68.9 Å². The number of nitrogens with zero attached hydrogens (tertiary/aromatic N) is 2. The van der Waals surface area contributed by atoms with Gasteiger partial charge in [0.25, 0.3) is 0 Å². The van der Waals surface area contributed by atoms with Crippen molar-refractivity contribution < 1.29 is 0 Å². The molecule has 1 saturated carbocycles. The van der Waals surface area contributed by atoms with Gasteiger partial charge in [-0.25, -0.2) is 0 Å². The second-order valence-corrected chi connectivity index (χ2v) is 6.49. The summed E-state index contributed by atoms with van der Waals surface area (Å²) in [5.74, 6) is 1.60. The van der Waals surface area contributed by atoms with E-state index in [9.17, 15) is 0 Å². The second kappa shape index (κ2) is 7.16. The zero-order valence-corrected chi connectivity index (χ0v) is 13.4. The minimum Gasteiger partial charge on any atom is -0.310 e. The molecule has 0 aromatic carbocycles. The largest absolute Gasteiger partial charge is 0.310 e. The van der Waals surface area contributed by atoms with Crippen molar-refractivity contribution >= 4 is 0 Å². The van der Waals surface area contributed by atoms with Gasteiger partial charge in [0.2, 0.25) is 0 Å². The molecule has 0 amide bonds. The lowest BCUT2D eigenvalue weighted by Crippen LogP contribution is -2.32. The van der Waals surface area contributed by atoms with Gasteiger partial charge in [-0.05, 0) is 63.1 Å². The van der Waals surface area contributed by atoms with Crippen molar-refractivity contribution in [2.24, 2.45) is 11.8 Å². The molecule has 112 valence electrons. The van der Waals surface area contributed by atoms with E-state index in [0.29, 0.717) is 6.04 Å². The molecule has 0 aliphatic heterocycles. The van der Waals surface area contributed by atoms with Crippen LogP contribution in [0.5, 0.6) is 0 Å². The van der Waals surface area contributed by atoms with Gasteiger partial charge < -0.3 is 5.32 Å². The number of rotatable bonds is 5. The average Bonchev–Trinajstić information content (AvgIpc) is 2.43. The third-order valence-corrected chi connectivity index (χ3v) is 4.54. The summed E-state index contributed by atoms with van der Waals surface area (Å²) >= 11 is 0. The summed E-state index contributed by atoms with van der Waals surface area (Å²) in [5, 5.41) is 12.3. The number of hydrogen-bond acceptors (Lipinski definition) is 3. The van der Waals surface area contributed by atoms with Gasteiger partial charge in [-0.3, -0.25) is 0 Å². The van der Waals surface area contributed by atoms with Crippen LogP contribution in [0.4, 0.5) is 0 Å². The highest BCUT2D eigenvalue weighted by molar-refractivity contribution is 5.24. The van der Waals surface area contributed by atoms with Gasteiger partial charge in [-0.1, -0.05) is 26.7 Å². The van der Waals surface area contributed by atoms with E-state index in [4.69, 9.17) is 0 Å². The van der Waals surface area contributed by atoms with Crippen LogP contribution in [0.25, 0.3) is 0 Å². The summed E-state index contributed by atoms with van der Waals surface area (Å²) in [7, 11) is 0. The summed E-state index contributed by atoms with van der Waals surface area (Å²) in [4.78, 5) is 0. The highest BCUT2D eigenvalue weighted by atomic mass is 15.1. The molecule has 1 heterocycles. The fourth-order valence-electron chi connectivity index (χ4n) is 3.50. The Bertz CT molecular complexity index is 430. The second-order valence-electron chi connectivity index (χ2n) is 6.49. The zero-order chi connectivity index (χ0) is 14.5. The van der Waals surface area contributed by atoms with Crippen molar-refractivity contribution in [2.45, 2.75) is 65.8 Å². The first-order chi connectivity index (χ1) is 9.61. The van der Waals surface area contributed by atoms with E-state index >= 15 is 0 Å². The van der Waals surface area contributed by atoms with E-state index in [-0.39, 0.29) is 0 Å². The Hall–Kier alpha value is -0.960. The van der Waals surface area contributed by atoms with E-state index in [1.807, 2.05) is 6.92 Å². The fourth-order valence-corrected chi connectivity index (χ4v) is 3.50. The SMILES string of the molecule is CCCNC(c1cc(C)nnc1C)C1CCCC(C)C1. The van der Waals surface area contributed by atoms with E-state index in [2.05, 4.69) is 42.4 Å². The van der Waals surface area contributed by atoms with E-state index in [1.165, 1.54) is 37.7 Å². The molecule has 0 spiro atoms. The van der Waals surface area contributed by atoms with Gasteiger partial charge in [-0.2, -0.15) is 10.2 Å². The van der Waals surface area contributed by atoms with Crippen molar-refractivity contribution in [1.29, 1.82) is 0 Å². The first-order valence-electron chi connectivity index (χ1n) is 8.16. The van der Waals surface area contributed by atoms with Crippen LogP contribution in [-0.2, 0) is 0 Å². The molecule has 1 aromatic rings. The standard InChI is InChI=1S/C17H29N3/c1-5-9-18-17(15-8-6-7-12(2)10-15)16-11-13(3)19-20-14(16)4/h11-12,15,17-18H,5-10H2,1-4H3. The van der Waals surface area contributed by atoms with E-state index < -0.39 is 0 Å². The Labute approximate surface area is 123 Å². The van der Waals surface area contributed by atoms with Gasteiger partial charge in [0, 0.05) is 6.04 Å². The molecule has 3 atom stereocenters. The molecule has 1 aliphatic rings. The summed E-state index contributed by atoms with van der Waals surface area (Å²) in [5.41, 5.74) is 3.48. The van der Waals surface area contributed by atoms with Gasteiger partial charge in [0.1, 0.15) is 0 Å². The molecule has 0 saturated heterocycles. The molecule has 0 bridgehead atoms. The van der Waals surface area contributed by atoms with Crippen LogP contribution in [0.2, 0.25) is 0 Å². The summed E-state index contributed by atoms with van der Waals surface area (Å²) in [6, 6.07) is 2.68. The molecule has 2 rings (SSSR count). The lowest BCUT2D eigenvalue weighted by molar-refractivity contribution is 0.223. The van der Waals surface area contributed by atoms with Crippen molar-refractivity contribution in [3.8, 4) is 0 Å². The minimum absolute atomic E-state index is 0.451. The molecule has 3 heteroatoms. The maximum absolute atomic E-state index is 4.33. The highest BCUT2D eigenvalue weighted by Crippen LogP contribution is 2.37. The summed E-state index contributed by atoms with van der Waals surface area (Å²) in [6.45, 7) is 9.84. The van der Waals surface area contributed by atoms with Crippen molar-refractivity contribution in [2.75, 3.05) is 6.54 Å². The summed E-state index contributed by atoms with van der Waals surface area (Å²) < 4.78 is 0. The number of aryl methyl sites for hydroxylation is 2. The topological polar surface area (TPSA) is 37.8 Å². The molecular weight excluding hydrogens is 246 g/mol. The number of aromatic nitrogens is 2. The lowest BCUT2D eigenvalue weighted by Gasteiger charge is -2.34. The Morgan fingerprint density at radius 2 is 2.10 bits per heavy atom. The van der Waals surface area contributed by atoms with Crippen LogP contribution in [0.15, 0.2) is 6.07 Å². The zero-order valence-electron chi connectivity index (χ0n) is 13.4. The van der Waals surface area contributed by atoms with Crippen molar-refractivity contribution in [1.82, 2.24) is 15.5 Å². The molecule has 0 radical (unpaired) electrons. The smallest absolute Gasteiger partial charge is 0.0648 e. The van der Waals surface area contributed by atoms with Gasteiger partial charge in [0.15, 0.2) is 0 Å². The fraction of sp³-hybridized carbons (Fsp3) is 0.765. The molecular formula is C17H29N3. The van der Waals surface area contributed by atoms with E-state index in [1.54, 1.807) is 0 Å². The van der Waals surface area contributed by atoms with Crippen molar-refractivity contribution in [3.63, 3.8) is 0 Å². The van der Waals surface area contributed by atoms with Crippen LogP contribution in [-0.4, -0.2) is 16.7 Å². The molecule has 3 unspecified atom stereocenters. The minimum atomic E-state index is 0.451.